The SMILES string of the molecule is COC(=C1C2CC3CC(C2)CC1(Cl)C3)c1ccc(Cl)c(OC)c1. The van der Waals surface area contributed by atoms with Crippen LogP contribution in [-0.4, -0.2) is 19.1 Å². The van der Waals surface area contributed by atoms with Crippen LogP contribution in [0.1, 0.15) is 37.7 Å². The highest BCUT2D eigenvalue weighted by atomic mass is 35.5. The highest BCUT2D eigenvalue weighted by Crippen LogP contribution is 2.62. The molecule has 0 heterocycles. The van der Waals surface area contributed by atoms with Gasteiger partial charge in [0, 0.05) is 5.56 Å². The number of ether oxygens (including phenoxy) is 2. The molecule has 0 N–H and O–H groups in total. The van der Waals surface area contributed by atoms with E-state index in [0.717, 1.165) is 36.0 Å². The second-order valence-corrected chi connectivity index (χ2v) is 8.44. The van der Waals surface area contributed by atoms with Crippen LogP contribution >= 0.6 is 23.2 Å². The van der Waals surface area contributed by atoms with Crippen molar-refractivity contribution in [2.45, 2.75) is 37.0 Å². The maximum Gasteiger partial charge on any atom is 0.138 e. The summed E-state index contributed by atoms with van der Waals surface area (Å²) in [5, 5.41) is 0.613. The summed E-state index contributed by atoms with van der Waals surface area (Å²) in [5.74, 6) is 3.76. The molecule has 5 rings (SSSR count). The topological polar surface area (TPSA) is 18.5 Å². The van der Waals surface area contributed by atoms with Gasteiger partial charge in [-0.1, -0.05) is 11.6 Å². The number of rotatable bonds is 3. The molecule has 4 fully saturated rings. The van der Waals surface area contributed by atoms with Crippen LogP contribution in [-0.2, 0) is 4.74 Å². The van der Waals surface area contributed by atoms with E-state index in [4.69, 9.17) is 32.7 Å². The number of hydrogen-bond acceptors (Lipinski definition) is 2. The van der Waals surface area contributed by atoms with Gasteiger partial charge in [-0.25, -0.2) is 0 Å². The van der Waals surface area contributed by atoms with Crippen molar-refractivity contribution in [1.29, 1.82) is 0 Å². The molecular formula is C19H22Cl2O2. The predicted molar refractivity (Wildman–Crippen MR) is 94.1 cm³/mol. The number of benzene rings is 1. The summed E-state index contributed by atoms with van der Waals surface area (Å²) >= 11 is 13.3. The Labute approximate surface area is 147 Å². The van der Waals surface area contributed by atoms with E-state index in [2.05, 4.69) is 0 Å². The van der Waals surface area contributed by atoms with E-state index in [9.17, 15) is 0 Å². The zero-order valence-electron chi connectivity index (χ0n) is 13.6. The molecule has 0 radical (unpaired) electrons. The Bertz CT molecular complexity index is 653. The van der Waals surface area contributed by atoms with Crippen molar-refractivity contribution in [3.05, 3.63) is 34.4 Å². The Morgan fingerprint density at radius 1 is 1.13 bits per heavy atom. The van der Waals surface area contributed by atoms with Crippen LogP contribution in [0.2, 0.25) is 5.02 Å². The first-order valence-corrected chi connectivity index (χ1v) is 9.11. The van der Waals surface area contributed by atoms with Gasteiger partial charge in [0.2, 0.25) is 0 Å². The summed E-state index contributed by atoms with van der Waals surface area (Å²) in [6.07, 6.45) is 6.08. The van der Waals surface area contributed by atoms with Crippen molar-refractivity contribution in [2.75, 3.05) is 14.2 Å². The van der Waals surface area contributed by atoms with E-state index < -0.39 is 0 Å². The molecule has 23 heavy (non-hydrogen) atoms. The van der Waals surface area contributed by atoms with Gasteiger partial charge >= 0.3 is 0 Å². The van der Waals surface area contributed by atoms with Crippen molar-refractivity contribution < 1.29 is 9.47 Å². The van der Waals surface area contributed by atoms with Gasteiger partial charge < -0.3 is 9.47 Å². The minimum atomic E-state index is -0.215. The van der Waals surface area contributed by atoms with Crippen LogP contribution in [0.3, 0.4) is 0 Å². The van der Waals surface area contributed by atoms with Gasteiger partial charge in [0.05, 0.1) is 24.1 Å². The van der Waals surface area contributed by atoms with E-state index in [1.165, 1.54) is 24.8 Å². The lowest BCUT2D eigenvalue weighted by Crippen LogP contribution is -2.49. The fraction of sp³-hybridized carbons (Fsp3) is 0.579. The highest BCUT2D eigenvalue weighted by molar-refractivity contribution is 6.32. The normalized spacial score (nSPS) is 37.0. The number of hydrogen-bond donors (Lipinski definition) is 0. The number of allylic oxidation sites excluding steroid dienone is 1. The molecule has 4 saturated carbocycles. The minimum Gasteiger partial charge on any atom is -0.496 e. The molecule has 2 nitrogen and oxygen atoms in total. The van der Waals surface area contributed by atoms with Crippen LogP contribution in [0.5, 0.6) is 5.75 Å². The zero-order chi connectivity index (χ0) is 16.2. The van der Waals surface area contributed by atoms with Crippen LogP contribution in [0.25, 0.3) is 5.76 Å². The van der Waals surface area contributed by atoms with Gasteiger partial charge in [-0.2, -0.15) is 0 Å². The molecule has 0 aliphatic heterocycles. The molecule has 1 aromatic carbocycles. The van der Waals surface area contributed by atoms with E-state index >= 15 is 0 Å². The lowest BCUT2D eigenvalue weighted by Gasteiger charge is -2.56. The van der Waals surface area contributed by atoms with Crippen LogP contribution in [0.15, 0.2) is 23.8 Å². The smallest absolute Gasteiger partial charge is 0.138 e. The van der Waals surface area contributed by atoms with E-state index in [-0.39, 0.29) is 4.87 Å². The predicted octanol–water partition coefficient (Wildman–Crippen LogP) is 5.52. The molecule has 4 heteroatoms. The maximum absolute atomic E-state index is 7.13. The molecule has 0 spiro atoms. The van der Waals surface area contributed by atoms with Gasteiger partial charge in [-0.15, -0.1) is 11.6 Å². The molecule has 4 aliphatic carbocycles. The molecule has 0 aromatic heterocycles. The molecule has 124 valence electrons. The van der Waals surface area contributed by atoms with Crippen molar-refractivity contribution in [3.8, 4) is 5.75 Å². The Hall–Kier alpha value is -0.860. The third-order valence-electron chi connectivity index (χ3n) is 5.88. The fourth-order valence-electron chi connectivity index (χ4n) is 5.29. The standard InChI is InChI=1S/C19H22Cl2O2/c1-22-16-8-13(3-4-15(16)20)18(23-2)17-14-6-11-5-12(7-14)10-19(17,21)9-11/h3-4,8,11-12,14H,5-7,9-10H2,1-2H3. The van der Waals surface area contributed by atoms with Gasteiger partial charge in [0.25, 0.3) is 0 Å². The number of methoxy groups -OCH3 is 2. The Balaban J connectivity index is 1.83. The van der Waals surface area contributed by atoms with Crippen LogP contribution in [0, 0.1) is 17.8 Å². The van der Waals surface area contributed by atoms with Gasteiger partial charge in [0.1, 0.15) is 11.5 Å². The molecular weight excluding hydrogens is 331 g/mol. The van der Waals surface area contributed by atoms with E-state index in [1.54, 1.807) is 14.2 Å². The third kappa shape index (κ3) is 2.46. The van der Waals surface area contributed by atoms with Gasteiger partial charge in [0.15, 0.2) is 0 Å². The summed E-state index contributed by atoms with van der Waals surface area (Å²) in [4.78, 5) is -0.215. The molecule has 2 atom stereocenters. The van der Waals surface area contributed by atoms with Crippen molar-refractivity contribution in [3.63, 3.8) is 0 Å². The second-order valence-electron chi connectivity index (χ2n) is 7.31. The molecule has 1 aromatic rings. The van der Waals surface area contributed by atoms with Crippen LogP contribution < -0.4 is 4.74 Å². The average Bonchev–Trinajstić information content (AvgIpc) is 2.50. The summed E-state index contributed by atoms with van der Waals surface area (Å²) in [7, 11) is 3.38. The van der Waals surface area contributed by atoms with Crippen molar-refractivity contribution >= 4 is 29.0 Å². The summed E-state index contributed by atoms with van der Waals surface area (Å²) in [6.45, 7) is 0. The highest BCUT2D eigenvalue weighted by Gasteiger charge is 2.54. The molecule has 2 unspecified atom stereocenters. The zero-order valence-corrected chi connectivity index (χ0v) is 15.1. The quantitative estimate of drug-likeness (QED) is 0.526. The molecule has 0 saturated heterocycles. The summed E-state index contributed by atoms with van der Waals surface area (Å²) in [6, 6.07) is 5.83. The lowest BCUT2D eigenvalue weighted by atomic mass is 9.53. The molecule has 4 aliphatic rings. The molecule has 0 amide bonds. The first-order valence-electron chi connectivity index (χ1n) is 8.35. The number of alkyl halides is 1. The first kappa shape index (κ1) is 15.7. The second kappa shape index (κ2) is 5.60. The monoisotopic (exact) mass is 352 g/mol. The van der Waals surface area contributed by atoms with Crippen molar-refractivity contribution in [1.82, 2.24) is 0 Å². The third-order valence-corrected chi connectivity index (χ3v) is 6.70. The van der Waals surface area contributed by atoms with Crippen molar-refractivity contribution in [2.24, 2.45) is 17.8 Å². The van der Waals surface area contributed by atoms with E-state index in [1.807, 2.05) is 18.2 Å². The largest absolute Gasteiger partial charge is 0.496 e. The lowest BCUT2D eigenvalue weighted by molar-refractivity contribution is 0.0806. The summed E-state index contributed by atoms with van der Waals surface area (Å²) < 4.78 is 11.2. The van der Waals surface area contributed by atoms with E-state index in [0.29, 0.717) is 16.7 Å². The molecule has 4 bridgehead atoms. The average molecular weight is 353 g/mol. The Morgan fingerprint density at radius 3 is 2.39 bits per heavy atom. The Kier molecular flexibility index (Phi) is 3.81. The van der Waals surface area contributed by atoms with Gasteiger partial charge in [-0.3, -0.25) is 0 Å². The minimum absolute atomic E-state index is 0.215. The Morgan fingerprint density at radius 2 is 1.83 bits per heavy atom. The van der Waals surface area contributed by atoms with Gasteiger partial charge in [-0.05, 0) is 73.6 Å². The number of halogens is 2. The first-order chi connectivity index (χ1) is 11.0. The van der Waals surface area contributed by atoms with Crippen LogP contribution in [0.4, 0.5) is 0 Å². The fourth-order valence-corrected chi connectivity index (χ4v) is 6.16. The summed E-state index contributed by atoms with van der Waals surface area (Å²) in [5.41, 5.74) is 2.33. The maximum atomic E-state index is 7.13.